The van der Waals surface area contributed by atoms with E-state index >= 15 is 0 Å². The van der Waals surface area contributed by atoms with Gasteiger partial charge in [-0.05, 0) is 41.0 Å². The van der Waals surface area contributed by atoms with Crippen LogP contribution in [-0.2, 0) is 33.2 Å². The topological polar surface area (TPSA) is 102 Å². The summed E-state index contributed by atoms with van der Waals surface area (Å²) in [6, 6.07) is -0.581. The second-order valence-electron chi connectivity index (χ2n) is 8.88. The van der Waals surface area contributed by atoms with Gasteiger partial charge in [0, 0.05) is 0 Å². The van der Waals surface area contributed by atoms with Crippen molar-refractivity contribution in [1.29, 1.82) is 0 Å². The Labute approximate surface area is 165 Å². The van der Waals surface area contributed by atoms with Gasteiger partial charge < -0.3 is 33.7 Å². The first-order valence-corrected chi connectivity index (χ1v) is 9.75. The molecule has 0 saturated carbocycles. The fourth-order valence-electron chi connectivity index (χ4n) is 3.80. The van der Waals surface area contributed by atoms with Crippen molar-refractivity contribution in [2.24, 2.45) is 0 Å². The molecule has 2 unspecified atom stereocenters. The summed E-state index contributed by atoms with van der Waals surface area (Å²) >= 11 is 0. The summed E-state index contributed by atoms with van der Waals surface area (Å²) in [4.78, 5) is 24.0. The first-order valence-electron chi connectivity index (χ1n) is 9.75. The van der Waals surface area contributed by atoms with Crippen LogP contribution in [0.25, 0.3) is 0 Å². The highest BCUT2D eigenvalue weighted by atomic mass is 16.8. The number of nitrogens with one attached hydrogen (secondary N) is 1. The minimum absolute atomic E-state index is 0.0244. The predicted octanol–water partition coefficient (Wildman–Crippen LogP) is 1.87. The van der Waals surface area contributed by atoms with Crippen molar-refractivity contribution in [2.45, 2.75) is 95.9 Å². The van der Waals surface area contributed by atoms with E-state index in [1.807, 2.05) is 20.8 Å². The number of fused-ring (bicyclic) bond motifs is 4. The number of alkyl carbamates (subject to hydrolysis) is 1. The SMILES string of the molecule is CC[C@@]12COC(O1)[C@H](NC(=O)OCCC(=O)OC(C)(C)C)C1OC(C)(C)O[C@H]12. The van der Waals surface area contributed by atoms with Crippen molar-refractivity contribution >= 4 is 12.1 Å². The lowest BCUT2D eigenvalue weighted by Gasteiger charge is -2.41. The summed E-state index contributed by atoms with van der Waals surface area (Å²) in [7, 11) is 0. The Kier molecular flexibility index (Phi) is 5.66. The summed E-state index contributed by atoms with van der Waals surface area (Å²) in [6.45, 7) is 11.3. The maximum atomic E-state index is 12.3. The highest BCUT2D eigenvalue weighted by Gasteiger charge is 2.65. The number of esters is 1. The minimum atomic E-state index is -0.786. The van der Waals surface area contributed by atoms with Crippen molar-refractivity contribution in [1.82, 2.24) is 5.32 Å². The molecule has 3 saturated heterocycles. The average molecular weight is 401 g/mol. The zero-order chi connectivity index (χ0) is 20.7. The van der Waals surface area contributed by atoms with Crippen molar-refractivity contribution < 1.29 is 38.0 Å². The Hall–Kier alpha value is -1.42. The number of rotatable bonds is 5. The van der Waals surface area contributed by atoms with E-state index in [1.54, 1.807) is 20.8 Å². The van der Waals surface area contributed by atoms with E-state index in [0.717, 1.165) is 0 Å². The largest absolute Gasteiger partial charge is 0.460 e. The van der Waals surface area contributed by atoms with E-state index in [0.29, 0.717) is 13.0 Å². The second-order valence-corrected chi connectivity index (χ2v) is 8.88. The van der Waals surface area contributed by atoms with Crippen LogP contribution in [0, 0.1) is 0 Å². The van der Waals surface area contributed by atoms with Crippen LogP contribution < -0.4 is 5.32 Å². The van der Waals surface area contributed by atoms with Gasteiger partial charge in [-0.1, -0.05) is 6.92 Å². The molecule has 5 atom stereocenters. The molecule has 3 aliphatic rings. The summed E-state index contributed by atoms with van der Waals surface area (Å²) in [6.07, 6.45) is -1.42. The number of hydrogen-bond acceptors (Lipinski definition) is 8. The molecular weight excluding hydrogens is 370 g/mol. The lowest BCUT2D eigenvalue weighted by Crippen LogP contribution is -2.64. The van der Waals surface area contributed by atoms with Gasteiger partial charge in [-0.2, -0.15) is 0 Å². The van der Waals surface area contributed by atoms with Gasteiger partial charge in [0.25, 0.3) is 0 Å². The summed E-state index contributed by atoms with van der Waals surface area (Å²) in [5.41, 5.74) is -1.16. The molecule has 0 aromatic heterocycles. The second kappa shape index (κ2) is 7.44. The summed E-state index contributed by atoms with van der Waals surface area (Å²) < 4.78 is 34.3. The van der Waals surface area contributed by atoms with Crippen LogP contribution in [0.5, 0.6) is 0 Å². The minimum Gasteiger partial charge on any atom is -0.460 e. The maximum absolute atomic E-state index is 12.3. The van der Waals surface area contributed by atoms with Crippen LogP contribution >= 0.6 is 0 Å². The molecule has 9 nitrogen and oxygen atoms in total. The van der Waals surface area contributed by atoms with Gasteiger partial charge >= 0.3 is 12.1 Å². The van der Waals surface area contributed by atoms with E-state index in [-0.39, 0.29) is 19.1 Å². The molecule has 0 aliphatic carbocycles. The molecule has 0 spiro atoms. The number of carbonyl (C=O) groups excluding carboxylic acids is 2. The lowest BCUT2D eigenvalue weighted by molar-refractivity contribution is -0.196. The van der Waals surface area contributed by atoms with E-state index < -0.39 is 47.5 Å². The number of carbonyl (C=O) groups is 2. The first kappa shape index (κ1) is 21.3. The molecular formula is C19H31NO8. The zero-order valence-electron chi connectivity index (χ0n) is 17.4. The Morgan fingerprint density at radius 1 is 1.18 bits per heavy atom. The molecule has 0 aromatic rings. The van der Waals surface area contributed by atoms with Crippen LogP contribution in [-0.4, -0.2) is 66.8 Å². The van der Waals surface area contributed by atoms with Crippen molar-refractivity contribution in [2.75, 3.05) is 13.2 Å². The number of amides is 1. The van der Waals surface area contributed by atoms with Gasteiger partial charge in [-0.25, -0.2) is 4.79 Å². The first-order chi connectivity index (χ1) is 12.9. The molecule has 9 heteroatoms. The van der Waals surface area contributed by atoms with Crippen LogP contribution in [0.4, 0.5) is 4.79 Å². The maximum Gasteiger partial charge on any atom is 0.407 e. The molecule has 28 heavy (non-hydrogen) atoms. The molecule has 3 fully saturated rings. The Bertz CT molecular complexity index is 616. The molecule has 1 amide bonds. The van der Waals surface area contributed by atoms with Crippen LogP contribution in [0.3, 0.4) is 0 Å². The molecule has 0 radical (unpaired) electrons. The molecule has 160 valence electrons. The van der Waals surface area contributed by atoms with Gasteiger partial charge in [0.2, 0.25) is 0 Å². The highest BCUT2D eigenvalue weighted by molar-refractivity contribution is 5.71. The zero-order valence-corrected chi connectivity index (χ0v) is 17.4. The predicted molar refractivity (Wildman–Crippen MR) is 96.4 cm³/mol. The average Bonchev–Trinajstić information content (AvgIpc) is 3.10. The van der Waals surface area contributed by atoms with Gasteiger partial charge in [0.15, 0.2) is 12.1 Å². The number of hydrogen-bond donors (Lipinski definition) is 1. The standard InChI is InChI=1S/C19H31NO8/c1-7-19-10-24-15(28-19)12(13-14(19)27-18(5,6)26-13)20-16(22)23-9-8-11(21)25-17(2,3)4/h12-15H,7-10H2,1-6H3,(H,20,22)/t12-,13?,14-,15?,19+/m1/s1. The van der Waals surface area contributed by atoms with Crippen LogP contribution in [0.2, 0.25) is 0 Å². The Balaban J connectivity index is 1.56. The van der Waals surface area contributed by atoms with Crippen molar-refractivity contribution in [3.63, 3.8) is 0 Å². The lowest BCUT2D eigenvalue weighted by atomic mass is 9.86. The molecule has 1 N–H and O–H groups in total. The molecule has 0 aromatic carbocycles. The van der Waals surface area contributed by atoms with E-state index in [2.05, 4.69) is 5.32 Å². The third-order valence-electron chi connectivity index (χ3n) is 4.98. The van der Waals surface area contributed by atoms with E-state index in [4.69, 9.17) is 28.4 Å². The smallest absolute Gasteiger partial charge is 0.407 e. The fraction of sp³-hybridized carbons (Fsp3) is 0.895. The molecule has 2 bridgehead atoms. The van der Waals surface area contributed by atoms with E-state index in [1.165, 1.54) is 0 Å². The molecule has 3 rings (SSSR count). The van der Waals surface area contributed by atoms with E-state index in [9.17, 15) is 9.59 Å². The van der Waals surface area contributed by atoms with Gasteiger partial charge in [0.05, 0.1) is 13.0 Å². The third kappa shape index (κ3) is 4.42. The Morgan fingerprint density at radius 3 is 2.54 bits per heavy atom. The molecule has 3 heterocycles. The number of ether oxygens (including phenoxy) is 6. The molecule has 3 aliphatic heterocycles. The monoisotopic (exact) mass is 401 g/mol. The fourth-order valence-corrected chi connectivity index (χ4v) is 3.80. The van der Waals surface area contributed by atoms with Crippen LogP contribution in [0.15, 0.2) is 0 Å². The quantitative estimate of drug-likeness (QED) is 0.697. The summed E-state index contributed by atoms with van der Waals surface area (Å²) in [5, 5.41) is 2.75. The van der Waals surface area contributed by atoms with Gasteiger partial charge in [-0.15, -0.1) is 0 Å². The van der Waals surface area contributed by atoms with Gasteiger partial charge in [0.1, 0.15) is 36.1 Å². The van der Waals surface area contributed by atoms with Crippen molar-refractivity contribution in [3.8, 4) is 0 Å². The van der Waals surface area contributed by atoms with Gasteiger partial charge in [-0.3, -0.25) is 4.79 Å². The van der Waals surface area contributed by atoms with Crippen LogP contribution in [0.1, 0.15) is 54.4 Å². The van der Waals surface area contributed by atoms with Crippen molar-refractivity contribution in [3.05, 3.63) is 0 Å². The highest BCUT2D eigenvalue weighted by Crippen LogP contribution is 2.47. The normalized spacial score (nSPS) is 35.9. The Morgan fingerprint density at radius 2 is 1.89 bits per heavy atom. The summed E-state index contributed by atoms with van der Waals surface area (Å²) in [5.74, 6) is -1.21. The third-order valence-corrected chi connectivity index (χ3v) is 4.98.